The third-order valence-electron chi connectivity index (χ3n) is 4.89. The first kappa shape index (κ1) is 22.6. The fraction of sp³-hybridized carbons (Fsp3) is 0.0714. The number of ether oxygens (including phenoxy) is 2. The van der Waals surface area contributed by atoms with Crippen LogP contribution < -0.4 is 9.47 Å². The summed E-state index contributed by atoms with van der Waals surface area (Å²) in [5.41, 5.74) is 2.56. The average molecular weight is 453 g/mol. The van der Waals surface area contributed by atoms with E-state index in [0.717, 1.165) is 11.1 Å². The van der Waals surface area contributed by atoms with E-state index in [-0.39, 0.29) is 11.5 Å². The molecule has 6 heteroatoms. The van der Waals surface area contributed by atoms with Gasteiger partial charge in [-0.3, -0.25) is 9.98 Å². The minimum Gasteiger partial charge on any atom is -0.506 e. The molecular weight excluding hydrogens is 428 g/mol. The van der Waals surface area contributed by atoms with Gasteiger partial charge >= 0.3 is 0 Å². The van der Waals surface area contributed by atoms with E-state index in [1.165, 1.54) is 0 Å². The van der Waals surface area contributed by atoms with Gasteiger partial charge in [-0.15, -0.1) is 0 Å². The van der Waals surface area contributed by atoms with Crippen molar-refractivity contribution in [2.45, 2.75) is 0 Å². The standard InChI is InChI=1S/C28H24N2O4/c31-25-13-5-3-11-23(25)29-19-21-9-1-7-15-27(21)33-17-18-34-28-16-8-2-10-22(28)20-30-24-12-4-6-14-26(24)32/h1-16,19-20,31-32H,17-18H2. The molecule has 0 bridgehead atoms. The maximum Gasteiger partial charge on any atom is 0.141 e. The summed E-state index contributed by atoms with van der Waals surface area (Å²) in [5.74, 6) is 1.57. The molecule has 0 saturated heterocycles. The maximum atomic E-state index is 9.90. The second kappa shape index (κ2) is 11.3. The minimum atomic E-state index is 0.121. The van der Waals surface area contributed by atoms with Crippen molar-refractivity contribution < 1.29 is 19.7 Å². The highest BCUT2D eigenvalue weighted by atomic mass is 16.5. The van der Waals surface area contributed by atoms with E-state index < -0.39 is 0 Å². The molecule has 4 aromatic carbocycles. The summed E-state index contributed by atoms with van der Waals surface area (Å²) >= 11 is 0. The van der Waals surface area contributed by atoms with Crippen LogP contribution in [0.25, 0.3) is 0 Å². The number of phenolic OH excluding ortho intramolecular Hbond substituents is 2. The molecule has 0 aliphatic rings. The Morgan fingerprint density at radius 3 is 1.35 bits per heavy atom. The van der Waals surface area contributed by atoms with Gasteiger partial charge in [0.15, 0.2) is 0 Å². The van der Waals surface area contributed by atoms with E-state index >= 15 is 0 Å². The third kappa shape index (κ3) is 6.01. The number of benzene rings is 4. The number of aliphatic imine (C=N–C) groups is 2. The van der Waals surface area contributed by atoms with Crippen LogP contribution >= 0.6 is 0 Å². The van der Waals surface area contributed by atoms with Crippen molar-refractivity contribution >= 4 is 23.8 Å². The van der Waals surface area contributed by atoms with Crippen LogP contribution in [0.4, 0.5) is 11.4 Å². The van der Waals surface area contributed by atoms with Crippen LogP contribution in [0.5, 0.6) is 23.0 Å². The Kier molecular flexibility index (Phi) is 7.54. The molecule has 0 atom stereocenters. The first-order valence-electron chi connectivity index (χ1n) is 10.8. The highest BCUT2D eigenvalue weighted by molar-refractivity contribution is 5.86. The zero-order valence-electron chi connectivity index (χ0n) is 18.4. The molecule has 0 saturated carbocycles. The molecule has 2 N–H and O–H groups in total. The van der Waals surface area contributed by atoms with E-state index in [4.69, 9.17) is 9.47 Å². The Hall–Kier alpha value is -4.58. The minimum absolute atomic E-state index is 0.121. The second-order valence-electron chi connectivity index (χ2n) is 7.27. The van der Waals surface area contributed by atoms with Gasteiger partial charge in [0.05, 0.1) is 0 Å². The van der Waals surface area contributed by atoms with Crippen molar-refractivity contribution in [1.82, 2.24) is 0 Å². The Labute approximate surface area is 198 Å². The van der Waals surface area contributed by atoms with E-state index in [0.29, 0.717) is 36.1 Å². The molecule has 0 spiro atoms. The molecule has 0 fully saturated rings. The van der Waals surface area contributed by atoms with Gasteiger partial charge in [-0.05, 0) is 48.5 Å². The van der Waals surface area contributed by atoms with Gasteiger partial charge in [0.2, 0.25) is 0 Å². The van der Waals surface area contributed by atoms with Crippen LogP contribution in [0.15, 0.2) is 107 Å². The predicted octanol–water partition coefficient (Wildman–Crippen LogP) is 6.06. The van der Waals surface area contributed by atoms with Crippen molar-refractivity contribution in [3.8, 4) is 23.0 Å². The molecule has 0 aliphatic heterocycles. The SMILES string of the molecule is Oc1ccccc1N=Cc1ccccc1OCCOc1ccccc1C=Nc1ccccc1O. The van der Waals surface area contributed by atoms with Gasteiger partial charge in [0.25, 0.3) is 0 Å². The van der Waals surface area contributed by atoms with Crippen molar-refractivity contribution in [2.24, 2.45) is 9.98 Å². The highest BCUT2D eigenvalue weighted by Gasteiger charge is 2.05. The van der Waals surface area contributed by atoms with E-state index in [1.54, 1.807) is 48.8 Å². The third-order valence-corrected chi connectivity index (χ3v) is 4.89. The van der Waals surface area contributed by atoms with Gasteiger partial charge in [-0.2, -0.15) is 0 Å². The summed E-state index contributed by atoms with van der Waals surface area (Å²) in [6, 6.07) is 28.9. The van der Waals surface area contributed by atoms with E-state index in [1.807, 2.05) is 60.7 Å². The van der Waals surface area contributed by atoms with Crippen LogP contribution in [0.3, 0.4) is 0 Å². The smallest absolute Gasteiger partial charge is 0.141 e. The first-order valence-corrected chi connectivity index (χ1v) is 10.8. The van der Waals surface area contributed by atoms with E-state index in [9.17, 15) is 10.2 Å². The van der Waals surface area contributed by atoms with Gasteiger partial charge in [-0.25, -0.2) is 0 Å². The summed E-state index contributed by atoms with van der Waals surface area (Å²) in [7, 11) is 0. The van der Waals surface area contributed by atoms with Crippen LogP contribution in [0.1, 0.15) is 11.1 Å². The number of hydrogen-bond donors (Lipinski definition) is 2. The first-order chi connectivity index (χ1) is 16.7. The molecular formula is C28H24N2O4. The monoisotopic (exact) mass is 452 g/mol. The van der Waals surface area contributed by atoms with Crippen LogP contribution in [-0.4, -0.2) is 35.9 Å². The summed E-state index contributed by atoms with van der Waals surface area (Å²) < 4.78 is 11.8. The van der Waals surface area contributed by atoms with Crippen LogP contribution in [0.2, 0.25) is 0 Å². The summed E-state index contributed by atoms with van der Waals surface area (Å²) in [6.07, 6.45) is 3.33. The number of hydrogen-bond acceptors (Lipinski definition) is 6. The molecule has 0 radical (unpaired) electrons. The van der Waals surface area contributed by atoms with E-state index in [2.05, 4.69) is 9.98 Å². The second-order valence-corrected chi connectivity index (χ2v) is 7.27. The average Bonchev–Trinajstić information content (AvgIpc) is 2.87. The molecule has 0 heterocycles. The number of nitrogens with zero attached hydrogens (tertiary/aromatic N) is 2. The quantitative estimate of drug-likeness (QED) is 0.239. The summed E-state index contributed by atoms with van der Waals surface area (Å²) in [5, 5.41) is 19.8. The zero-order valence-corrected chi connectivity index (χ0v) is 18.4. The van der Waals surface area contributed by atoms with Crippen molar-refractivity contribution in [3.63, 3.8) is 0 Å². The molecule has 4 aromatic rings. The summed E-state index contributed by atoms with van der Waals surface area (Å²) in [4.78, 5) is 8.71. The lowest BCUT2D eigenvalue weighted by Crippen LogP contribution is -2.10. The lowest BCUT2D eigenvalue weighted by molar-refractivity contribution is 0.217. The molecule has 0 unspecified atom stereocenters. The molecule has 170 valence electrons. The number of rotatable bonds is 9. The molecule has 0 amide bonds. The number of para-hydroxylation sites is 6. The fourth-order valence-electron chi connectivity index (χ4n) is 3.17. The Morgan fingerprint density at radius 1 is 0.529 bits per heavy atom. The number of phenols is 2. The molecule has 4 rings (SSSR count). The van der Waals surface area contributed by atoms with Gasteiger partial charge < -0.3 is 19.7 Å². The Balaban J connectivity index is 1.37. The topological polar surface area (TPSA) is 83.6 Å². The zero-order chi connectivity index (χ0) is 23.6. The lowest BCUT2D eigenvalue weighted by Gasteiger charge is -2.11. The lowest BCUT2D eigenvalue weighted by atomic mass is 10.2. The van der Waals surface area contributed by atoms with Crippen molar-refractivity contribution in [1.29, 1.82) is 0 Å². The predicted molar refractivity (Wildman–Crippen MR) is 135 cm³/mol. The summed E-state index contributed by atoms with van der Waals surface area (Å²) in [6.45, 7) is 0.652. The normalized spacial score (nSPS) is 11.2. The fourth-order valence-corrected chi connectivity index (χ4v) is 3.17. The molecule has 0 aliphatic carbocycles. The largest absolute Gasteiger partial charge is 0.506 e. The van der Waals surface area contributed by atoms with Gasteiger partial charge in [0.1, 0.15) is 47.6 Å². The highest BCUT2D eigenvalue weighted by Crippen LogP contribution is 2.27. The molecule has 6 nitrogen and oxygen atoms in total. The molecule has 34 heavy (non-hydrogen) atoms. The molecule has 0 aromatic heterocycles. The van der Waals surface area contributed by atoms with Crippen LogP contribution in [-0.2, 0) is 0 Å². The number of aromatic hydroxyl groups is 2. The van der Waals surface area contributed by atoms with Crippen molar-refractivity contribution in [3.05, 3.63) is 108 Å². The van der Waals surface area contributed by atoms with Gasteiger partial charge in [0, 0.05) is 23.6 Å². The Bertz CT molecular complexity index is 1200. The Morgan fingerprint density at radius 2 is 0.912 bits per heavy atom. The van der Waals surface area contributed by atoms with Crippen molar-refractivity contribution in [2.75, 3.05) is 13.2 Å². The maximum absolute atomic E-state index is 9.90. The van der Waals surface area contributed by atoms with Crippen LogP contribution in [0, 0.1) is 0 Å². The van der Waals surface area contributed by atoms with Gasteiger partial charge in [-0.1, -0.05) is 48.5 Å².